The Bertz CT molecular complexity index is 363. The van der Waals surface area contributed by atoms with Crippen LogP contribution in [0.2, 0.25) is 5.15 Å². The third kappa shape index (κ3) is 4.46. The number of halogens is 1. The summed E-state index contributed by atoms with van der Waals surface area (Å²) in [6, 6.07) is 1.75. The molecule has 0 aromatic carbocycles. The molecular formula is C11H18ClN3O2. The monoisotopic (exact) mass is 259 g/mol. The molecule has 0 radical (unpaired) electrons. The van der Waals surface area contributed by atoms with Crippen LogP contribution in [-0.4, -0.2) is 34.8 Å². The molecule has 0 spiro atoms. The summed E-state index contributed by atoms with van der Waals surface area (Å²) in [5.74, 6) is 1.31. The predicted octanol–water partition coefficient (Wildman–Crippen LogP) is 1.71. The van der Waals surface area contributed by atoms with Crippen LogP contribution in [0.25, 0.3) is 0 Å². The van der Waals surface area contributed by atoms with Crippen molar-refractivity contribution in [2.24, 2.45) is 5.92 Å². The Hall–Kier alpha value is -0.910. The number of hydrogen-bond acceptors (Lipinski definition) is 5. The first-order valence-electron chi connectivity index (χ1n) is 5.46. The van der Waals surface area contributed by atoms with Crippen molar-refractivity contribution < 1.29 is 9.84 Å². The van der Waals surface area contributed by atoms with Gasteiger partial charge >= 0.3 is 0 Å². The molecule has 2 unspecified atom stereocenters. The quantitative estimate of drug-likeness (QED) is 0.762. The van der Waals surface area contributed by atoms with E-state index in [-0.39, 0.29) is 18.6 Å². The average Bonchev–Trinajstić information content (AvgIpc) is 2.27. The Labute approximate surface area is 106 Å². The molecule has 0 fully saturated rings. The summed E-state index contributed by atoms with van der Waals surface area (Å²) in [6.07, 6.45) is 0. The van der Waals surface area contributed by atoms with Crippen LogP contribution in [0, 0.1) is 5.92 Å². The molecular weight excluding hydrogens is 242 g/mol. The van der Waals surface area contributed by atoms with E-state index in [0.717, 1.165) is 0 Å². The second kappa shape index (κ2) is 6.74. The second-order valence-electron chi connectivity index (χ2n) is 4.02. The van der Waals surface area contributed by atoms with Gasteiger partial charge in [0.05, 0.1) is 0 Å². The molecule has 0 bridgehead atoms. The van der Waals surface area contributed by atoms with E-state index in [2.05, 4.69) is 15.3 Å². The van der Waals surface area contributed by atoms with Gasteiger partial charge in [-0.15, -0.1) is 0 Å². The molecule has 0 saturated carbocycles. The summed E-state index contributed by atoms with van der Waals surface area (Å²) < 4.78 is 4.96. The maximum Gasteiger partial charge on any atom is 0.158 e. The van der Waals surface area contributed by atoms with Crippen LogP contribution < -0.4 is 5.32 Å². The lowest BCUT2D eigenvalue weighted by molar-refractivity contribution is 0.178. The number of hydrogen-bond donors (Lipinski definition) is 2. The maximum absolute atomic E-state index is 9.06. The standard InChI is InChI=1S/C11H18ClN3O2/c1-7(5-16)8(2)13-10-4-9(12)14-11(15-10)6-17-3/h4,7-8,16H,5-6H2,1-3H3,(H,13,14,15). The van der Waals surface area contributed by atoms with E-state index in [4.69, 9.17) is 21.4 Å². The minimum atomic E-state index is 0.0985. The number of methoxy groups -OCH3 is 1. The van der Waals surface area contributed by atoms with E-state index >= 15 is 0 Å². The third-order valence-corrected chi connectivity index (χ3v) is 2.73. The first-order chi connectivity index (χ1) is 8.06. The number of ether oxygens (including phenoxy) is 1. The topological polar surface area (TPSA) is 67.3 Å². The minimum absolute atomic E-state index is 0.0985. The Kier molecular flexibility index (Phi) is 5.61. The number of anilines is 1. The first kappa shape index (κ1) is 14.2. The summed E-state index contributed by atoms with van der Waals surface area (Å²) >= 11 is 5.89. The Morgan fingerprint density at radius 2 is 2.18 bits per heavy atom. The lowest BCUT2D eigenvalue weighted by atomic mass is 10.1. The summed E-state index contributed by atoms with van der Waals surface area (Å²) in [6.45, 7) is 4.38. The molecule has 5 nitrogen and oxygen atoms in total. The van der Waals surface area contributed by atoms with E-state index in [1.807, 2.05) is 13.8 Å². The maximum atomic E-state index is 9.06. The predicted molar refractivity (Wildman–Crippen MR) is 67.1 cm³/mol. The molecule has 0 aliphatic carbocycles. The molecule has 96 valence electrons. The van der Waals surface area contributed by atoms with Gasteiger partial charge in [0, 0.05) is 25.8 Å². The van der Waals surface area contributed by atoms with E-state index in [1.165, 1.54) is 0 Å². The number of aliphatic hydroxyl groups is 1. The summed E-state index contributed by atoms with van der Waals surface area (Å²) in [5, 5.41) is 12.6. The van der Waals surface area contributed by atoms with E-state index in [1.54, 1.807) is 13.2 Å². The van der Waals surface area contributed by atoms with Crippen molar-refractivity contribution in [3.63, 3.8) is 0 Å². The molecule has 6 heteroatoms. The van der Waals surface area contributed by atoms with E-state index < -0.39 is 0 Å². The zero-order valence-electron chi connectivity index (χ0n) is 10.3. The molecule has 1 rings (SSSR count). The van der Waals surface area contributed by atoms with Crippen LogP contribution in [-0.2, 0) is 11.3 Å². The summed E-state index contributed by atoms with van der Waals surface area (Å²) in [5.41, 5.74) is 0. The number of nitrogens with zero attached hydrogens (tertiary/aromatic N) is 2. The van der Waals surface area contributed by atoms with Crippen molar-refractivity contribution >= 4 is 17.4 Å². The number of nitrogens with one attached hydrogen (secondary N) is 1. The normalized spacial score (nSPS) is 14.4. The molecule has 2 atom stereocenters. The lowest BCUT2D eigenvalue weighted by Gasteiger charge is -2.20. The highest BCUT2D eigenvalue weighted by Gasteiger charge is 2.12. The largest absolute Gasteiger partial charge is 0.396 e. The highest BCUT2D eigenvalue weighted by Crippen LogP contribution is 2.15. The van der Waals surface area contributed by atoms with Crippen molar-refractivity contribution in [1.29, 1.82) is 0 Å². The number of aliphatic hydroxyl groups excluding tert-OH is 1. The van der Waals surface area contributed by atoms with Gasteiger partial charge in [-0.3, -0.25) is 0 Å². The van der Waals surface area contributed by atoms with Gasteiger partial charge in [0.1, 0.15) is 17.6 Å². The van der Waals surface area contributed by atoms with Crippen molar-refractivity contribution in [3.05, 3.63) is 17.0 Å². The van der Waals surface area contributed by atoms with Crippen LogP contribution in [0.1, 0.15) is 19.7 Å². The fraction of sp³-hybridized carbons (Fsp3) is 0.636. The highest BCUT2D eigenvalue weighted by atomic mass is 35.5. The van der Waals surface area contributed by atoms with E-state index in [9.17, 15) is 0 Å². The van der Waals surface area contributed by atoms with Crippen LogP contribution in [0.5, 0.6) is 0 Å². The van der Waals surface area contributed by atoms with Crippen LogP contribution in [0.3, 0.4) is 0 Å². The van der Waals surface area contributed by atoms with Crippen LogP contribution >= 0.6 is 11.6 Å². The molecule has 1 aromatic rings. The van der Waals surface area contributed by atoms with Gasteiger partial charge in [0.2, 0.25) is 0 Å². The van der Waals surface area contributed by atoms with Gasteiger partial charge in [0.15, 0.2) is 5.82 Å². The van der Waals surface area contributed by atoms with Crippen molar-refractivity contribution in [2.45, 2.75) is 26.5 Å². The van der Waals surface area contributed by atoms with Gasteiger partial charge < -0.3 is 15.2 Å². The molecule has 1 aromatic heterocycles. The third-order valence-electron chi connectivity index (χ3n) is 2.53. The van der Waals surface area contributed by atoms with Crippen molar-refractivity contribution in [1.82, 2.24) is 9.97 Å². The van der Waals surface area contributed by atoms with Gasteiger partial charge in [-0.25, -0.2) is 9.97 Å². The second-order valence-corrected chi connectivity index (χ2v) is 4.41. The van der Waals surface area contributed by atoms with Crippen LogP contribution in [0.4, 0.5) is 5.82 Å². The van der Waals surface area contributed by atoms with E-state index in [0.29, 0.717) is 23.4 Å². The molecule has 2 N–H and O–H groups in total. The number of rotatable bonds is 6. The molecule has 0 aliphatic rings. The highest BCUT2D eigenvalue weighted by molar-refractivity contribution is 6.29. The zero-order chi connectivity index (χ0) is 12.8. The lowest BCUT2D eigenvalue weighted by Crippen LogP contribution is -2.26. The smallest absolute Gasteiger partial charge is 0.158 e. The van der Waals surface area contributed by atoms with Gasteiger partial charge in [0.25, 0.3) is 0 Å². The number of aromatic nitrogens is 2. The Morgan fingerprint density at radius 3 is 2.76 bits per heavy atom. The Balaban J connectivity index is 2.76. The molecule has 17 heavy (non-hydrogen) atoms. The van der Waals surface area contributed by atoms with Gasteiger partial charge in [-0.2, -0.15) is 0 Å². The van der Waals surface area contributed by atoms with Crippen molar-refractivity contribution in [2.75, 3.05) is 19.0 Å². The fourth-order valence-electron chi connectivity index (χ4n) is 1.27. The summed E-state index contributed by atoms with van der Waals surface area (Å²) in [4.78, 5) is 8.30. The minimum Gasteiger partial charge on any atom is -0.396 e. The SMILES string of the molecule is COCc1nc(Cl)cc(NC(C)C(C)CO)n1. The zero-order valence-corrected chi connectivity index (χ0v) is 11.0. The van der Waals surface area contributed by atoms with Crippen molar-refractivity contribution in [3.8, 4) is 0 Å². The summed E-state index contributed by atoms with van der Waals surface area (Å²) in [7, 11) is 1.58. The molecule has 0 amide bonds. The molecule has 0 saturated heterocycles. The first-order valence-corrected chi connectivity index (χ1v) is 5.84. The molecule has 0 aliphatic heterocycles. The van der Waals surface area contributed by atoms with Gasteiger partial charge in [-0.1, -0.05) is 18.5 Å². The average molecular weight is 260 g/mol. The van der Waals surface area contributed by atoms with Crippen LogP contribution in [0.15, 0.2) is 6.07 Å². The molecule has 1 heterocycles. The Morgan fingerprint density at radius 1 is 1.47 bits per heavy atom. The van der Waals surface area contributed by atoms with Gasteiger partial charge in [-0.05, 0) is 12.8 Å². The fourth-order valence-corrected chi connectivity index (χ4v) is 1.47.